The highest BCUT2D eigenvalue weighted by Gasteiger charge is 2.12. The van der Waals surface area contributed by atoms with E-state index in [1.165, 1.54) is 5.56 Å². The lowest BCUT2D eigenvalue weighted by atomic mass is 10.1. The molecule has 4 nitrogen and oxygen atoms in total. The van der Waals surface area contributed by atoms with Crippen molar-refractivity contribution in [3.05, 3.63) is 40.7 Å². The van der Waals surface area contributed by atoms with Gasteiger partial charge in [-0.05, 0) is 44.9 Å². The average Bonchev–Trinajstić information content (AvgIpc) is 2.67. The zero-order chi connectivity index (χ0) is 14.9. The molecule has 1 heterocycles. The van der Waals surface area contributed by atoms with Gasteiger partial charge in [0.2, 0.25) is 0 Å². The second-order valence-electron chi connectivity index (χ2n) is 4.63. The van der Waals surface area contributed by atoms with Gasteiger partial charge in [0.1, 0.15) is 5.69 Å². The molecule has 1 aromatic carbocycles. The number of thiocarbonyl (C=S) groups is 1. The molecular formula is C14H16N4S2. The van der Waals surface area contributed by atoms with Gasteiger partial charge >= 0.3 is 0 Å². The number of aromatic nitrogens is 2. The molecule has 0 aliphatic carbocycles. The van der Waals surface area contributed by atoms with Gasteiger partial charge in [-0.25, -0.2) is 4.68 Å². The van der Waals surface area contributed by atoms with Crippen molar-refractivity contribution in [3.63, 3.8) is 0 Å². The Labute approximate surface area is 129 Å². The molecule has 2 aromatic rings. The molecule has 0 amide bonds. The minimum absolute atomic E-state index is 0.402. The molecule has 0 atom stereocenters. The molecule has 0 spiro atoms. The summed E-state index contributed by atoms with van der Waals surface area (Å²) in [4.78, 5) is 0. The normalized spacial score (nSPS) is 11.2. The minimum Gasteiger partial charge on any atom is -0.218 e. The van der Waals surface area contributed by atoms with Crippen LogP contribution in [0.2, 0.25) is 0 Å². The molecule has 0 saturated carbocycles. The lowest BCUT2D eigenvalue weighted by molar-refractivity contribution is 0.906. The number of hydrogen-bond acceptors (Lipinski definition) is 4. The fourth-order valence-corrected chi connectivity index (χ4v) is 2.29. The number of rotatable bonds is 2. The largest absolute Gasteiger partial charge is 0.218 e. The Bertz CT molecular complexity index is 701. The average molecular weight is 304 g/mol. The summed E-state index contributed by atoms with van der Waals surface area (Å²) < 4.78 is 1.99. The molecule has 0 bridgehead atoms. The maximum Gasteiger partial charge on any atom is 0.158 e. The van der Waals surface area contributed by atoms with Crippen molar-refractivity contribution in [1.82, 2.24) is 9.78 Å². The molecule has 0 fully saturated rings. The van der Waals surface area contributed by atoms with Crippen LogP contribution in [0.3, 0.4) is 0 Å². The minimum atomic E-state index is 0.402. The van der Waals surface area contributed by atoms with E-state index in [1.807, 2.05) is 32.9 Å². The first-order valence-electron chi connectivity index (χ1n) is 6.19. The summed E-state index contributed by atoms with van der Waals surface area (Å²) in [6, 6.07) is 5.98. The number of azo groups is 1. The van der Waals surface area contributed by atoms with E-state index in [0.717, 1.165) is 28.3 Å². The summed E-state index contributed by atoms with van der Waals surface area (Å²) in [5.41, 5.74) is 5.56. The third-order valence-electron chi connectivity index (χ3n) is 3.27. The topological polar surface area (TPSA) is 42.5 Å². The van der Waals surface area contributed by atoms with Gasteiger partial charge in [-0.15, -0.1) is 17.7 Å². The Morgan fingerprint density at radius 3 is 2.50 bits per heavy atom. The van der Waals surface area contributed by atoms with Crippen LogP contribution in [-0.2, 0) is 0 Å². The van der Waals surface area contributed by atoms with Crippen molar-refractivity contribution in [2.24, 2.45) is 10.2 Å². The van der Waals surface area contributed by atoms with E-state index in [4.69, 9.17) is 12.2 Å². The van der Waals surface area contributed by atoms with Gasteiger partial charge in [0.25, 0.3) is 0 Å². The van der Waals surface area contributed by atoms with Crippen LogP contribution >= 0.6 is 24.8 Å². The summed E-state index contributed by atoms with van der Waals surface area (Å²) in [6.07, 6.45) is 0. The van der Waals surface area contributed by atoms with Crippen LogP contribution in [0, 0.1) is 27.7 Å². The lowest BCUT2D eigenvalue weighted by Crippen LogP contribution is -2.05. The molecule has 1 aromatic heterocycles. The van der Waals surface area contributed by atoms with Crippen molar-refractivity contribution >= 4 is 40.5 Å². The zero-order valence-corrected chi connectivity index (χ0v) is 13.6. The van der Waals surface area contributed by atoms with Crippen LogP contribution < -0.4 is 0 Å². The van der Waals surface area contributed by atoms with Crippen LogP contribution in [-0.4, -0.2) is 14.1 Å². The van der Waals surface area contributed by atoms with E-state index >= 15 is 0 Å². The number of nitrogens with zero attached hydrogens (tertiary/aromatic N) is 4. The monoisotopic (exact) mass is 304 g/mol. The zero-order valence-electron chi connectivity index (χ0n) is 11.9. The first-order valence-corrected chi connectivity index (χ1v) is 7.05. The number of benzene rings is 1. The van der Waals surface area contributed by atoms with Crippen molar-refractivity contribution in [1.29, 1.82) is 0 Å². The Balaban J connectivity index is 2.42. The highest BCUT2D eigenvalue weighted by Crippen LogP contribution is 2.28. The second kappa shape index (κ2) is 5.85. The number of hydrogen-bond donors (Lipinski definition) is 1. The molecule has 104 valence electrons. The van der Waals surface area contributed by atoms with Gasteiger partial charge in [-0.3, -0.25) is 0 Å². The van der Waals surface area contributed by atoms with Crippen molar-refractivity contribution in [2.75, 3.05) is 0 Å². The second-order valence-corrected chi connectivity index (χ2v) is 5.75. The molecule has 0 saturated heterocycles. The van der Waals surface area contributed by atoms with Gasteiger partial charge in [0.15, 0.2) is 4.32 Å². The van der Waals surface area contributed by atoms with E-state index in [-0.39, 0.29) is 0 Å². The molecule has 0 aliphatic rings. The predicted molar refractivity (Wildman–Crippen MR) is 88.8 cm³/mol. The standard InChI is InChI=1S/C14H16N4S2/c1-8-6-5-7-12(9(8)2)15-16-13-10(3)17-18(11(13)4)14(19)20/h5-7H,1-4H3,(H,19,20). The summed E-state index contributed by atoms with van der Waals surface area (Å²) in [5, 5.41) is 13.0. The van der Waals surface area contributed by atoms with E-state index in [1.54, 1.807) is 4.68 Å². The van der Waals surface area contributed by atoms with Gasteiger partial charge in [-0.1, -0.05) is 24.4 Å². The Kier molecular flexibility index (Phi) is 4.35. The number of aryl methyl sites for hydroxylation is 2. The summed E-state index contributed by atoms with van der Waals surface area (Å²) >= 11 is 9.18. The van der Waals surface area contributed by atoms with Crippen LogP contribution in [0.4, 0.5) is 11.4 Å². The third-order valence-corrected chi connectivity index (χ3v) is 3.63. The van der Waals surface area contributed by atoms with Crippen LogP contribution in [0.15, 0.2) is 28.4 Å². The highest BCUT2D eigenvalue weighted by atomic mass is 32.1. The molecular weight excluding hydrogens is 288 g/mol. The molecule has 6 heteroatoms. The molecule has 0 N–H and O–H groups in total. The van der Waals surface area contributed by atoms with E-state index in [2.05, 4.69) is 40.9 Å². The molecule has 2 rings (SSSR count). The molecule has 20 heavy (non-hydrogen) atoms. The maximum atomic E-state index is 5.03. The molecule has 0 radical (unpaired) electrons. The van der Waals surface area contributed by atoms with E-state index in [9.17, 15) is 0 Å². The van der Waals surface area contributed by atoms with Crippen molar-refractivity contribution in [3.8, 4) is 0 Å². The number of thiol groups is 1. The van der Waals surface area contributed by atoms with Crippen molar-refractivity contribution < 1.29 is 0 Å². The van der Waals surface area contributed by atoms with Gasteiger partial charge < -0.3 is 0 Å². The van der Waals surface area contributed by atoms with Crippen molar-refractivity contribution in [2.45, 2.75) is 27.7 Å². The first kappa shape index (κ1) is 14.9. The SMILES string of the molecule is Cc1cccc(N=Nc2c(C)nn(C(=S)S)c2C)c1C. The Morgan fingerprint density at radius 2 is 1.90 bits per heavy atom. The Hall–Kier alpha value is -1.53. The van der Waals surface area contributed by atoms with Gasteiger partial charge in [-0.2, -0.15) is 10.2 Å². The summed E-state index contributed by atoms with van der Waals surface area (Å²) in [5.74, 6) is 0. The van der Waals surface area contributed by atoms with Gasteiger partial charge in [0, 0.05) is 0 Å². The first-order chi connectivity index (χ1) is 9.41. The quantitative estimate of drug-likeness (QED) is 0.501. The summed E-state index contributed by atoms with van der Waals surface area (Å²) in [7, 11) is 0. The third kappa shape index (κ3) is 2.81. The van der Waals surface area contributed by atoms with E-state index < -0.39 is 0 Å². The fourth-order valence-electron chi connectivity index (χ4n) is 1.91. The lowest BCUT2D eigenvalue weighted by Gasteiger charge is -2.02. The smallest absolute Gasteiger partial charge is 0.158 e. The predicted octanol–water partition coefficient (Wildman–Crippen LogP) is 4.59. The highest BCUT2D eigenvalue weighted by molar-refractivity contribution is 8.11. The van der Waals surface area contributed by atoms with Crippen LogP contribution in [0.25, 0.3) is 0 Å². The van der Waals surface area contributed by atoms with Crippen LogP contribution in [0.5, 0.6) is 0 Å². The summed E-state index contributed by atoms with van der Waals surface area (Å²) in [6.45, 7) is 7.88. The molecule has 0 aliphatic heterocycles. The fraction of sp³-hybridized carbons (Fsp3) is 0.286. The van der Waals surface area contributed by atoms with Crippen LogP contribution in [0.1, 0.15) is 22.5 Å². The maximum absolute atomic E-state index is 5.03. The molecule has 0 unspecified atom stereocenters. The Morgan fingerprint density at radius 1 is 1.20 bits per heavy atom. The van der Waals surface area contributed by atoms with Gasteiger partial charge in [0.05, 0.1) is 17.1 Å². The van der Waals surface area contributed by atoms with E-state index in [0.29, 0.717) is 4.32 Å².